The second-order valence-corrected chi connectivity index (χ2v) is 3.51. The maximum Gasteiger partial charge on any atom is 0.232 e. The first-order valence-electron chi connectivity index (χ1n) is 4.13. The molecule has 0 aromatic carbocycles. The van der Waals surface area contributed by atoms with Crippen LogP contribution < -0.4 is 5.32 Å². The largest absolute Gasteiger partial charge is 0.353 e. The summed E-state index contributed by atoms with van der Waals surface area (Å²) in [5, 5.41) is 6.50. The van der Waals surface area contributed by atoms with Crippen LogP contribution in [0, 0.1) is 0 Å². The van der Waals surface area contributed by atoms with Crippen LogP contribution in [-0.4, -0.2) is 27.5 Å². The van der Waals surface area contributed by atoms with E-state index in [9.17, 15) is 4.79 Å². The number of carbonyl (C=O) groups is 1. The number of hydrogen-bond acceptors (Lipinski definition) is 3. The van der Waals surface area contributed by atoms with Gasteiger partial charge in [-0.3, -0.25) is 9.48 Å². The predicted octanol–water partition coefficient (Wildman–Crippen LogP) is 0.318. The molecule has 0 saturated carbocycles. The molecule has 1 rings (SSSR count). The fraction of sp³-hybridized carbons (Fsp3) is 0.500. The zero-order valence-electron chi connectivity index (χ0n) is 7.47. The Balaban J connectivity index is 2.18. The van der Waals surface area contributed by atoms with Gasteiger partial charge in [-0.2, -0.15) is 17.7 Å². The second kappa shape index (κ2) is 4.91. The van der Waals surface area contributed by atoms with E-state index in [1.54, 1.807) is 17.8 Å². The molecule has 1 aromatic rings. The van der Waals surface area contributed by atoms with Crippen LogP contribution in [0.1, 0.15) is 6.92 Å². The molecule has 0 spiro atoms. The molecule has 0 aliphatic carbocycles. The molecule has 0 aliphatic heterocycles. The van der Waals surface area contributed by atoms with Crippen molar-refractivity contribution in [3.05, 3.63) is 18.5 Å². The number of rotatable bonds is 4. The first-order valence-corrected chi connectivity index (χ1v) is 4.65. The van der Waals surface area contributed by atoms with Crippen molar-refractivity contribution in [1.82, 2.24) is 15.1 Å². The smallest absolute Gasteiger partial charge is 0.232 e. The minimum atomic E-state index is -0.252. The van der Waals surface area contributed by atoms with Gasteiger partial charge < -0.3 is 5.32 Å². The van der Waals surface area contributed by atoms with E-state index in [-0.39, 0.29) is 11.2 Å². The Morgan fingerprint density at radius 1 is 1.77 bits per heavy atom. The lowest BCUT2D eigenvalue weighted by Crippen LogP contribution is -2.32. The standard InChI is InChI=1S/C8H13N3OS/c1-7(13)8(12)9-4-6-11-5-2-3-10-11/h2-3,5,7,13H,4,6H2,1H3,(H,9,12). The second-order valence-electron chi connectivity index (χ2n) is 2.74. The normalized spacial score (nSPS) is 12.5. The number of aromatic nitrogens is 2. The molecule has 72 valence electrons. The molecule has 13 heavy (non-hydrogen) atoms. The Morgan fingerprint density at radius 2 is 2.54 bits per heavy atom. The zero-order valence-corrected chi connectivity index (χ0v) is 8.37. The number of carbonyl (C=O) groups excluding carboxylic acids is 1. The van der Waals surface area contributed by atoms with Crippen LogP contribution in [-0.2, 0) is 11.3 Å². The van der Waals surface area contributed by atoms with Gasteiger partial charge in [-0.25, -0.2) is 0 Å². The first kappa shape index (κ1) is 10.1. The van der Waals surface area contributed by atoms with E-state index in [0.717, 1.165) is 0 Å². The molecule has 0 radical (unpaired) electrons. The van der Waals surface area contributed by atoms with Crippen molar-refractivity contribution in [3.63, 3.8) is 0 Å². The highest BCUT2D eigenvalue weighted by atomic mass is 32.1. The van der Waals surface area contributed by atoms with Crippen LogP contribution >= 0.6 is 12.6 Å². The van der Waals surface area contributed by atoms with E-state index in [2.05, 4.69) is 23.0 Å². The van der Waals surface area contributed by atoms with E-state index >= 15 is 0 Å². The van der Waals surface area contributed by atoms with E-state index in [0.29, 0.717) is 13.1 Å². The minimum Gasteiger partial charge on any atom is -0.353 e. The maximum absolute atomic E-state index is 11.1. The van der Waals surface area contributed by atoms with Crippen LogP contribution in [0.2, 0.25) is 0 Å². The van der Waals surface area contributed by atoms with Crippen molar-refractivity contribution in [2.75, 3.05) is 6.54 Å². The predicted molar refractivity (Wildman–Crippen MR) is 53.7 cm³/mol. The van der Waals surface area contributed by atoms with Gasteiger partial charge in [0.15, 0.2) is 0 Å². The lowest BCUT2D eigenvalue weighted by Gasteiger charge is -2.06. The van der Waals surface area contributed by atoms with E-state index in [1.807, 2.05) is 12.3 Å². The zero-order chi connectivity index (χ0) is 9.68. The lowest BCUT2D eigenvalue weighted by molar-refractivity contribution is -0.120. The summed E-state index contributed by atoms with van der Waals surface area (Å²) in [6.45, 7) is 3.02. The van der Waals surface area contributed by atoms with Crippen molar-refractivity contribution in [1.29, 1.82) is 0 Å². The van der Waals surface area contributed by atoms with Gasteiger partial charge in [-0.15, -0.1) is 0 Å². The van der Waals surface area contributed by atoms with Crippen molar-refractivity contribution < 1.29 is 4.79 Å². The molecule has 4 nitrogen and oxygen atoms in total. The highest BCUT2D eigenvalue weighted by Gasteiger charge is 2.05. The van der Waals surface area contributed by atoms with Crippen LogP contribution in [0.25, 0.3) is 0 Å². The van der Waals surface area contributed by atoms with E-state index in [4.69, 9.17) is 0 Å². The SMILES string of the molecule is CC(S)C(=O)NCCn1cccn1. The fourth-order valence-corrected chi connectivity index (χ4v) is 0.965. The van der Waals surface area contributed by atoms with Gasteiger partial charge in [-0.05, 0) is 13.0 Å². The highest BCUT2D eigenvalue weighted by Crippen LogP contribution is 1.91. The number of amides is 1. The quantitative estimate of drug-likeness (QED) is 0.686. The summed E-state index contributed by atoms with van der Waals surface area (Å²) >= 11 is 4.01. The van der Waals surface area contributed by atoms with E-state index in [1.165, 1.54) is 0 Å². The molecular weight excluding hydrogens is 186 g/mol. The van der Waals surface area contributed by atoms with Gasteiger partial charge in [0, 0.05) is 18.9 Å². The van der Waals surface area contributed by atoms with E-state index < -0.39 is 0 Å². The van der Waals surface area contributed by atoms with Gasteiger partial charge in [0.1, 0.15) is 0 Å². The molecule has 0 fully saturated rings. The summed E-state index contributed by atoms with van der Waals surface area (Å²) in [6, 6.07) is 1.85. The van der Waals surface area contributed by atoms with Crippen LogP contribution in [0.15, 0.2) is 18.5 Å². The summed E-state index contributed by atoms with van der Waals surface area (Å²) in [5.41, 5.74) is 0. The number of thiol groups is 1. The monoisotopic (exact) mass is 199 g/mol. The summed E-state index contributed by atoms with van der Waals surface area (Å²) in [7, 11) is 0. The van der Waals surface area contributed by atoms with Gasteiger partial charge in [0.25, 0.3) is 0 Å². The van der Waals surface area contributed by atoms with Crippen molar-refractivity contribution in [2.24, 2.45) is 0 Å². The number of hydrogen-bond donors (Lipinski definition) is 2. The molecule has 0 saturated heterocycles. The molecule has 1 heterocycles. The number of nitrogens with one attached hydrogen (secondary N) is 1. The molecule has 1 amide bonds. The fourth-order valence-electron chi connectivity index (χ4n) is 0.874. The molecule has 1 unspecified atom stereocenters. The lowest BCUT2D eigenvalue weighted by atomic mass is 10.4. The molecule has 1 N–H and O–H groups in total. The summed E-state index contributed by atoms with van der Waals surface area (Å²) in [6.07, 6.45) is 3.57. The summed E-state index contributed by atoms with van der Waals surface area (Å²) < 4.78 is 1.77. The molecule has 1 atom stereocenters. The average molecular weight is 199 g/mol. The third-order valence-electron chi connectivity index (χ3n) is 1.58. The molecule has 1 aromatic heterocycles. The molecule has 0 bridgehead atoms. The third-order valence-corrected chi connectivity index (χ3v) is 1.81. The van der Waals surface area contributed by atoms with Gasteiger partial charge in [0.05, 0.1) is 11.8 Å². The van der Waals surface area contributed by atoms with Crippen molar-refractivity contribution in [3.8, 4) is 0 Å². The van der Waals surface area contributed by atoms with Gasteiger partial charge >= 0.3 is 0 Å². The Hall–Kier alpha value is -0.970. The average Bonchev–Trinajstić information content (AvgIpc) is 2.56. The van der Waals surface area contributed by atoms with Crippen LogP contribution in [0.3, 0.4) is 0 Å². The topological polar surface area (TPSA) is 46.9 Å². The minimum absolute atomic E-state index is 0.0458. The van der Waals surface area contributed by atoms with Gasteiger partial charge in [0.2, 0.25) is 5.91 Å². The Morgan fingerprint density at radius 3 is 3.08 bits per heavy atom. The van der Waals surface area contributed by atoms with Crippen LogP contribution in [0.5, 0.6) is 0 Å². The Labute approximate surface area is 82.7 Å². The third kappa shape index (κ3) is 3.50. The van der Waals surface area contributed by atoms with Crippen molar-refractivity contribution >= 4 is 18.5 Å². The first-order chi connectivity index (χ1) is 6.20. The number of nitrogens with zero attached hydrogens (tertiary/aromatic N) is 2. The van der Waals surface area contributed by atoms with Gasteiger partial charge in [-0.1, -0.05) is 0 Å². The maximum atomic E-state index is 11.1. The highest BCUT2D eigenvalue weighted by molar-refractivity contribution is 7.81. The molecule has 5 heteroatoms. The summed E-state index contributed by atoms with van der Waals surface area (Å²) in [4.78, 5) is 11.1. The van der Waals surface area contributed by atoms with Crippen LogP contribution in [0.4, 0.5) is 0 Å². The Bertz CT molecular complexity index is 258. The molecular formula is C8H13N3OS. The Kier molecular flexibility index (Phi) is 3.82. The van der Waals surface area contributed by atoms with Crippen molar-refractivity contribution in [2.45, 2.75) is 18.7 Å². The summed E-state index contributed by atoms with van der Waals surface area (Å²) in [5.74, 6) is -0.0458. The molecule has 0 aliphatic rings.